The fourth-order valence-corrected chi connectivity index (χ4v) is 2.88. The van der Waals surface area contributed by atoms with Crippen molar-refractivity contribution in [2.75, 3.05) is 0 Å². The summed E-state index contributed by atoms with van der Waals surface area (Å²) in [6, 6.07) is 10.5. The van der Waals surface area contributed by atoms with E-state index in [1.54, 1.807) is 0 Å². The summed E-state index contributed by atoms with van der Waals surface area (Å²) >= 11 is 0. The van der Waals surface area contributed by atoms with E-state index >= 15 is 0 Å². The molecule has 0 spiro atoms. The first kappa shape index (κ1) is 10.3. The lowest BCUT2D eigenvalue weighted by Crippen LogP contribution is -2.36. The van der Waals surface area contributed by atoms with Crippen LogP contribution in [0, 0.1) is 0 Å². The molecule has 16 heavy (non-hydrogen) atoms. The van der Waals surface area contributed by atoms with Crippen molar-refractivity contribution in [2.45, 2.75) is 50.6 Å². The van der Waals surface area contributed by atoms with Gasteiger partial charge in [-0.05, 0) is 25.3 Å². The van der Waals surface area contributed by atoms with Gasteiger partial charge in [0.25, 0.3) is 0 Å². The van der Waals surface area contributed by atoms with Gasteiger partial charge in [-0.3, -0.25) is 0 Å². The molecular formula is C14H18O2. The maximum absolute atomic E-state index is 6.08. The predicted molar refractivity (Wildman–Crippen MR) is 62.1 cm³/mol. The third-order valence-corrected chi connectivity index (χ3v) is 3.65. The minimum Gasteiger partial charge on any atom is -0.344 e. The first-order valence-electron chi connectivity index (χ1n) is 6.17. The van der Waals surface area contributed by atoms with E-state index in [-0.39, 0.29) is 11.9 Å². The Bertz CT molecular complexity index is 358. The number of hydrogen-bond acceptors (Lipinski definition) is 2. The molecule has 3 atom stereocenters. The van der Waals surface area contributed by atoms with Crippen molar-refractivity contribution < 1.29 is 9.47 Å². The molecule has 0 N–H and O–H groups in total. The van der Waals surface area contributed by atoms with E-state index in [2.05, 4.69) is 31.2 Å². The zero-order valence-corrected chi connectivity index (χ0v) is 9.69. The van der Waals surface area contributed by atoms with Crippen LogP contribution >= 0.6 is 0 Å². The fraction of sp³-hybridized carbons (Fsp3) is 0.571. The molecule has 2 aliphatic rings. The molecule has 2 aliphatic heterocycles. The van der Waals surface area contributed by atoms with Gasteiger partial charge in [0.2, 0.25) is 0 Å². The Morgan fingerprint density at radius 3 is 2.88 bits per heavy atom. The van der Waals surface area contributed by atoms with E-state index < -0.39 is 0 Å². The van der Waals surface area contributed by atoms with Gasteiger partial charge in [0.15, 0.2) is 5.79 Å². The van der Waals surface area contributed by atoms with Crippen LogP contribution in [0.2, 0.25) is 0 Å². The van der Waals surface area contributed by atoms with Crippen molar-refractivity contribution in [3.05, 3.63) is 35.9 Å². The lowest BCUT2D eigenvalue weighted by molar-refractivity contribution is -0.191. The molecule has 2 heterocycles. The summed E-state index contributed by atoms with van der Waals surface area (Å²) in [6.07, 6.45) is 4.86. The highest BCUT2D eigenvalue weighted by Crippen LogP contribution is 2.41. The average Bonchev–Trinajstić information content (AvgIpc) is 2.50. The lowest BCUT2D eigenvalue weighted by Gasteiger charge is -2.31. The molecule has 0 aromatic heterocycles. The lowest BCUT2D eigenvalue weighted by atomic mass is 9.96. The summed E-state index contributed by atoms with van der Waals surface area (Å²) in [5.41, 5.74) is 1.30. The average molecular weight is 218 g/mol. The minimum atomic E-state index is -0.330. The standard InChI is InChI=1S/C14H18O2/c1-11-13-8-5-9-14(15-11,16-13)10-12-6-3-2-4-7-12/h2-4,6-7,11,13H,5,8-10H2,1H3. The fourth-order valence-electron chi connectivity index (χ4n) is 2.88. The largest absolute Gasteiger partial charge is 0.344 e. The van der Waals surface area contributed by atoms with E-state index in [4.69, 9.17) is 9.47 Å². The Kier molecular flexibility index (Phi) is 2.49. The van der Waals surface area contributed by atoms with Crippen LogP contribution in [0.4, 0.5) is 0 Å². The van der Waals surface area contributed by atoms with Crippen LogP contribution < -0.4 is 0 Å². The van der Waals surface area contributed by atoms with Crippen molar-refractivity contribution in [1.29, 1.82) is 0 Å². The number of ether oxygens (including phenoxy) is 2. The van der Waals surface area contributed by atoms with Gasteiger partial charge < -0.3 is 9.47 Å². The summed E-state index contributed by atoms with van der Waals surface area (Å²) in [5, 5.41) is 0. The summed E-state index contributed by atoms with van der Waals surface area (Å²) in [5.74, 6) is -0.330. The third kappa shape index (κ3) is 1.76. The molecule has 2 fully saturated rings. The molecule has 1 aromatic rings. The van der Waals surface area contributed by atoms with Gasteiger partial charge in [-0.25, -0.2) is 0 Å². The van der Waals surface area contributed by atoms with Crippen molar-refractivity contribution in [3.63, 3.8) is 0 Å². The molecule has 0 amide bonds. The zero-order valence-electron chi connectivity index (χ0n) is 9.69. The van der Waals surface area contributed by atoms with Crippen LogP contribution in [0.25, 0.3) is 0 Å². The molecule has 0 saturated carbocycles. The Hall–Kier alpha value is -0.860. The summed E-state index contributed by atoms with van der Waals surface area (Å²) in [6.45, 7) is 2.13. The van der Waals surface area contributed by atoms with Gasteiger partial charge in [-0.15, -0.1) is 0 Å². The van der Waals surface area contributed by atoms with Crippen LogP contribution in [0.3, 0.4) is 0 Å². The van der Waals surface area contributed by atoms with Gasteiger partial charge in [-0.1, -0.05) is 30.3 Å². The highest BCUT2D eigenvalue weighted by Gasteiger charge is 2.48. The van der Waals surface area contributed by atoms with Crippen molar-refractivity contribution in [3.8, 4) is 0 Å². The van der Waals surface area contributed by atoms with E-state index in [9.17, 15) is 0 Å². The number of fused-ring (bicyclic) bond motifs is 2. The SMILES string of the molecule is CC1OC2(Cc3ccccc3)CCCC1O2. The summed E-state index contributed by atoms with van der Waals surface area (Å²) in [7, 11) is 0. The van der Waals surface area contributed by atoms with Crippen LogP contribution in [0.5, 0.6) is 0 Å². The van der Waals surface area contributed by atoms with Gasteiger partial charge in [0, 0.05) is 12.8 Å². The van der Waals surface area contributed by atoms with E-state index in [0.29, 0.717) is 6.10 Å². The second-order valence-electron chi connectivity index (χ2n) is 4.94. The number of hydrogen-bond donors (Lipinski definition) is 0. The van der Waals surface area contributed by atoms with Crippen molar-refractivity contribution in [2.24, 2.45) is 0 Å². The molecule has 0 radical (unpaired) electrons. The van der Waals surface area contributed by atoms with Gasteiger partial charge >= 0.3 is 0 Å². The number of rotatable bonds is 2. The molecule has 1 aromatic carbocycles. The first-order valence-corrected chi connectivity index (χ1v) is 6.17. The van der Waals surface area contributed by atoms with E-state index in [0.717, 1.165) is 19.3 Å². The second kappa shape index (κ2) is 3.86. The molecule has 86 valence electrons. The van der Waals surface area contributed by atoms with Crippen LogP contribution in [0.15, 0.2) is 30.3 Å². The van der Waals surface area contributed by atoms with E-state index in [1.165, 1.54) is 12.0 Å². The van der Waals surface area contributed by atoms with Gasteiger partial charge in [0.05, 0.1) is 12.2 Å². The Labute approximate surface area is 96.6 Å². The molecule has 2 heteroatoms. The maximum Gasteiger partial charge on any atom is 0.173 e. The molecule has 3 unspecified atom stereocenters. The predicted octanol–water partition coefficient (Wildman–Crippen LogP) is 2.91. The van der Waals surface area contributed by atoms with Crippen LogP contribution in [0.1, 0.15) is 31.7 Å². The highest BCUT2D eigenvalue weighted by molar-refractivity contribution is 5.17. The monoisotopic (exact) mass is 218 g/mol. The molecule has 2 bridgehead atoms. The van der Waals surface area contributed by atoms with Gasteiger partial charge in [0.1, 0.15) is 0 Å². The Balaban J connectivity index is 1.79. The first-order chi connectivity index (χ1) is 7.77. The topological polar surface area (TPSA) is 18.5 Å². The smallest absolute Gasteiger partial charge is 0.173 e. The van der Waals surface area contributed by atoms with E-state index in [1.807, 2.05) is 6.07 Å². The van der Waals surface area contributed by atoms with Crippen LogP contribution in [-0.4, -0.2) is 18.0 Å². The van der Waals surface area contributed by atoms with Gasteiger partial charge in [-0.2, -0.15) is 0 Å². The molecule has 2 nitrogen and oxygen atoms in total. The molecule has 0 aliphatic carbocycles. The van der Waals surface area contributed by atoms with Crippen molar-refractivity contribution >= 4 is 0 Å². The minimum absolute atomic E-state index is 0.256. The zero-order chi connectivity index (χ0) is 11.0. The summed E-state index contributed by atoms with van der Waals surface area (Å²) < 4.78 is 12.1. The third-order valence-electron chi connectivity index (χ3n) is 3.65. The normalized spacial score (nSPS) is 37.6. The van der Waals surface area contributed by atoms with Crippen LogP contribution in [-0.2, 0) is 15.9 Å². The molecular weight excluding hydrogens is 200 g/mol. The number of benzene rings is 1. The maximum atomic E-state index is 6.08. The van der Waals surface area contributed by atoms with Crippen molar-refractivity contribution in [1.82, 2.24) is 0 Å². The molecule has 2 saturated heterocycles. The Morgan fingerprint density at radius 2 is 2.06 bits per heavy atom. The molecule has 3 rings (SSSR count). The Morgan fingerprint density at radius 1 is 1.25 bits per heavy atom. The summed E-state index contributed by atoms with van der Waals surface area (Å²) in [4.78, 5) is 0. The second-order valence-corrected chi connectivity index (χ2v) is 4.94. The quantitative estimate of drug-likeness (QED) is 0.760. The highest BCUT2D eigenvalue weighted by atomic mass is 16.8.